The van der Waals surface area contributed by atoms with E-state index in [9.17, 15) is 9.59 Å². The fraction of sp³-hybridized carbons (Fsp3) is 0.619. The van der Waals surface area contributed by atoms with Crippen molar-refractivity contribution in [2.45, 2.75) is 47.0 Å². The van der Waals surface area contributed by atoms with Gasteiger partial charge in [0.1, 0.15) is 0 Å². The molecule has 1 saturated heterocycles. The molecule has 0 aromatic heterocycles. The van der Waals surface area contributed by atoms with Crippen molar-refractivity contribution in [2.24, 2.45) is 17.8 Å². The molecule has 1 aromatic carbocycles. The van der Waals surface area contributed by atoms with Crippen LogP contribution in [-0.2, 0) is 9.59 Å². The zero-order valence-corrected chi connectivity index (χ0v) is 16.2. The first kappa shape index (κ1) is 19.5. The van der Waals surface area contributed by atoms with Crippen molar-refractivity contribution in [1.29, 1.82) is 0 Å². The quantitative estimate of drug-likeness (QED) is 0.860. The van der Waals surface area contributed by atoms with Crippen LogP contribution in [0.15, 0.2) is 24.3 Å². The van der Waals surface area contributed by atoms with Crippen LogP contribution in [0.3, 0.4) is 0 Å². The minimum atomic E-state index is -0.169. The summed E-state index contributed by atoms with van der Waals surface area (Å²) in [4.78, 5) is 27.1. The maximum atomic E-state index is 12.7. The van der Waals surface area contributed by atoms with Crippen LogP contribution in [0.4, 0.5) is 0 Å². The van der Waals surface area contributed by atoms with Gasteiger partial charge in [-0.25, -0.2) is 0 Å². The Kier molecular flexibility index (Phi) is 6.63. The van der Waals surface area contributed by atoms with Gasteiger partial charge in [0, 0.05) is 32.0 Å². The summed E-state index contributed by atoms with van der Waals surface area (Å²) in [5.74, 6) is 0.882. The van der Waals surface area contributed by atoms with Crippen molar-refractivity contribution < 1.29 is 9.59 Å². The average Bonchev–Trinajstić information content (AvgIpc) is 2.98. The van der Waals surface area contributed by atoms with Crippen LogP contribution in [0.25, 0.3) is 0 Å². The van der Waals surface area contributed by atoms with Gasteiger partial charge in [0.05, 0.1) is 5.92 Å². The molecule has 1 aliphatic rings. The summed E-state index contributed by atoms with van der Waals surface area (Å²) < 4.78 is 0. The van der Waals surface area contributed by atoms with Gasteiger partial charge in [0.2, 0.25) is 11.8 Å². The zero-order valence-electron chi connectivity index (χ0n) is 16.2. The molecule has 1 N–H and O–H groups in total. The Morgan fingerprint density at radius 2 is 1.72 bits per heavy atom. The van der Waals surface area contributed by atoms with E-state index in [0.717, 1.165) is 5.56 Å². The smallest absolute Gasteiger partial charge is 0.225 e. The first-order valence-electron chi connectivity index (χ1n) is 9.40. The molecular weight excluding hydrogens is 312 g/mol. The minimum Gasteiger partial charge on any atom is -0.356 e. The summed E-state index contributed by atoms with van der Waals surface area (Å²) in [6, 6.07) is 8.35. The molecule has 4 heteroatoms. The van der Waals surface area contributed by atoms with Crippen LogP contribution in [-0.4, -0.2) is 36.3 Å². The molecule has 1 fully saturated rings. The lowest BCUT2D eigenvalue weighted by Crippen LogP contribution is -2.37. The zero-order chi connectivity index (χ0) is 18.6. The van der Waals surface area contributed by atoms with Crippen LogP contribution < -0.4 is 5.32 Å². The highest BCUT2D eigenvalue weighted by atomic mass is 16.2. The largest absolute Gasteiger partial charge is 0.356 e. The molecule has 2 amide bonds. The minimum absolute atomic E-state index is 0.0686. The van der Waals surface area contributed by atoms with Crippen molar-refractivity contribution in [1.82, 2.24) is 10.2 Å². The number of nitrogens with one attached hydrogen (secondary N) is 1. The van der Waals surface area contributed by atoms with Crippen molar-refractivity contribution in [3.8, 4) is 0 Å². The first-order chi connectivity index (χ1) is 11.8. The van der Waals surface area contributed by atoms with Crippen molar-refractivity contribution >= 4 is 11.8 Å². The highest BCUT2D eigenvalue weighted by molar-refractivity contribution is 5.83. The molecule has 4 nitrogen and oxygen atoms in total. The predicted molar refractivity (Wildman–Crippen MR) is 101 cm³/mol. The van der Waals surface area contributed by atoms with Gasteiger partial charge < -0.3 is 10.2 Å². The molecule has 25 heavy (non-hydrogen) atoms. The molecule has 1 heterocycles. The molecule has 1 aliphatic heterocycles. The summed E-state index contributed by atoms with van der Waals surface area (Å²) in [6.07, 6.45) is 0.543. The number of amides is 2. The highest BCUT2D eigenvalue weighted by Crippen LogP contribution is 2.33. The number of hydrogen-bond acceptors (Lipinski definition) is 2. The van der Waals surface area contributed by atoms with Crippen molar-refractivity contribution in [3.63, 3.8) is 0 Å². The van der Waals surface area contributed by atoms with Crippen LogP contribution in [0, 0.1) is 24.7 Å². The standard InChI is InChI=1S/C21H32N2O2/c1-14(2)10-20(24)23-12-18(17-8-6-16(5)7-9-17)19(13-23)21(25)22-11-15(3)4/h6-9,14-15,18-19H,10-13H2,1-5H3,(H,22,25). The maximum absolute atomic E-state index is 12.7. The van der Waals surface area contributed by atoms with E-state index >= 15 is 0 Å². The van der Waals surface area contributed by atoms with Gasteiger partial charge in [0.25, 0.3) is 0 Å². The van der Waals surface area contributed by atoms with E-state index in [-0.39, 0.29) is 23.7 Å². The fourth-order valence-electron chi connectivity index (χ4n) is 3.34. The Morgan fingerprint density at radius 1 is 1.08 bits per heavy atom. The Bertz CT molecular complexity index is 592. The number of carbonyl (C=O) groups is 2. The number of likely N-dealkylation sites (tertiary alicyclic amines) is 1. The first-order valence-corrected chi connectivity index (χ1v) is 9.40. The van der Waals surface area contributed by atoms with E-state index in [1.54, 1.807) is 0 Å². The third kappa shape index (κ3) is 5.32. The number of hydrogen-bond donors (Lipinski definition) is 1. The number of nitrogens with zero attached hydrogens (tertiary/aromatic N) is 1. The topological polar surface area (TPSA) is 49.4 Å². The lowest BCUT2D eigenvalue weighted by molar-refractivity contribution is -0.131. The molecule has 0 bridgehead atoms. The average molecular weight is 344 g/mol. The summed E-state index contributed by atoms with van der Waals surface area (Å²) in [5.41, 5.74) is 2.35. The number of carbonyl (C=O) groups excluding carboxylic acids is 2. The Labute approximate surface area is 152 Å². The Hall–Kier alpha value is -1.84. The van der Waals surface area contributed by atoms with Gasteiger partial charge in [-0.15, -0.1) is 0 Å². The maximum Gasteiger partial charge on any atom is 0.225 e. The van der Waals surface area contributed by atoms with Crippen LogP contribution in [0.1, 0.15) is 51.2 Å². The Morgan fingerprint density at radius 3 is 2.28 bits per heavy atom. The van der Waals surface area contributed by atoms with E-state index in [4.69, 9.17) is 0 Å². The van der Waals surface area contributed by atoms with Gasteiger partial charge in [-0.05, 0) is 24.3 Å². The molecule has 1 aromatic rings. The number of benzene rings is 1. The molecule has 0 radical (unpaired) electrons. The molecule has 0 saturated carbocycles. The van der Waals surface area contributed by atoms with Crippen LogP contribution >= 0.6 is 0 Å². The van der Waals surface area contributed by atoms with Gasteiger partial charge in [-0.3, -0.25) is 9.59 Å². The molecule has 2 rings (SSSR count). The lowest BCUT2D eigenvalue weighted by Gasteiger charge is -2.19. The molecular formula is C21H32N2O2. The second-order valence-corrected chi connectivity index (χ2v) is 8.16. The van der Waals surface area contributed by atoms with E-state index in [2.05, 4.69) is 64.2 Å². The van der Waals surface area contributed by atoms with Gasteiger partial charge in [0.15, 0.2) is 0 Å². The second-order valence-electron chi connectivity index (χ2n) is 8.16. The lowest BCUT2D eigenvalue weighted by atomic mass is 9.88. The van der Waals surface area contributed by atoms with E-state index in [1.165, 1.54) is 5.56 Å². The fourth-order valence-corrected chi connectivity index (χ4v) is 3.34. The van der Waals surface area contributed by atoms with Crippen LogP contribution in [0.2, 0.25) is 0 Å². The summed E-state index contributed by atoms with van der Waals surface area (Å²) >= 11 is 0. The second kappa shape index (κ2) is 8.50. The monoisotopic (exact) mass is 344 g/mol. The number of rotatable bonds is 6. The normalized spacial score (nSPS) is 20.4. The predicted octanol–water partition coefficient (Wildman–Crippen LogP) is 3.36. The molecule has 2 atom stereocenters. The number of aryl methyl sites for hydroxylation is 1. The summed E-state index contributed by atoms with van der Waals surface area (Å²) in [5, 5.41) is 3.06. The summed E-state index contributed by atoms with van der Waals surface area (Å²) in [7, 11) is 0. The van der Waals surface area contributed by atoms with Gasteiger partial charge >= 0.3 is 0 Å². The third-order valence-electron chi connectivity index (χ3n) is 4.78. The molecule has 0 spiro atoms. The van der Waals surface area contributed by atoms with E-state index < -0.39 is 0 Å². The highest BCUT2D eigenvalue weighted by Gasteiger charge is 2.40. The molecule has 138 valence electrons. The van der Waals surface area contributed by atoms with Crippen molar-refractivity contribution in [3.05, 3.63) is 35.4 Å². The molecule has 0 aliphatic carbocycles. The molecule has 2 unspecified atom stereocenters. The van der Waals surface area contributed by atoms with Crippen LogP contribution in [0.5, 0.6) is 0 Å². The Balaban J connectivity index is 2.17. The van der Waals surface area contributed by atoms with Gasteiger partial charge in [-0.1, -0.05) is 57.5 Å². The summed E-state index contributed by atoms with van der Waals surface area (Å²) in [6.45, 7) is 12.2. The van der Waals surface area contributed by atoms with E-state index in [1.807, 2.05) is 4.90 Å². The SMILES string of the molecule is Cc1ccc(C2CN(C(=O)CC(C)C)CC2C(=O)NCC(C)C)cc1. The third-order valence-corrected chi connectivity index (χ3v) is 4.78. The van der Waals surface area contributed by atoms with Gasteiger partial charge in [-0.2, -0.15) is 0 Å². The van der Waals surface area contributed by atoms with Crippen molar-refractivity contribution in [2.75, 3.05) is 19.6 Å². The van der Waals surface area contributed by atoms with E-state index in [0.29, 0.717) is 37.9 Å².